The lowest BCUT2D eigenvalue weighted by Crippen LogP contribution is -2.10. The van der Waals surface area contributed by atoms with E-state index in [1.54, 1.807) is 0 Å². The molecule has 0 aliphatic carbocycles. The summed E-state index contributed by atoms with van der Waals surface area (Å²) in [5.41, 5.74) is 9.89. The largest absolute Gasteiger partial charge is 0.456 e. The highest BCUT2D eigenvalue weighted by molar-refractivity contribution is 6.17. The number of furan rings is 1. The summed E-state index contributed by atoms with van der Waals surface area (Å²) in [5, 5.41) is 7.09. The molecule has 0 spiro atoms. The SMILES string of the molecule is c1ccc(-c2cc(-c3ccccc3)cc(N(c3ccccc3)c3ccc4ccc5cc6oc7ccccc7c6cc5c4c3)c2)cc1. The zero-order valence-electron chi connectivity index (χ0n) is 25.1. The number of para-hydroxylation sites is 2. The summed E-state index contributed by atoms with van der Waals surface area (Å²) in [6, 6.07) is 62.9. The number of hydrogen-bond donors (Lipinski definition) is 0. The monoisotopic (exact) mass is 587 g/mol. The van der Waals surface area contributed by atoms with Gasteiger partial charge in [0.05, 0.1) is 0 Å². The van der Waals surface area contributed by atoms with Crippen LogP contribution >= 0.6 is 0 Å². The molecule has 2 heteroatoms. The number of anilines is 3. The van der Waals surface area contributed by atoms with Gasteiger partial charge in [-0.3, -0.25) is 0 Å². The molecule has 216 valence electrons. The summed E-state index contributed by atoms with van der Waals surface area (Å²) in [6.45, 7) is 0. The Morgan fingerprint density at radius 3 is 1.61 bits per heavy atom. The highest BCUT2D eigenvalue weighted by Crippen LogP contribution is 2.42. The molecular weight excluding hydrogens is 558 g/mol. The molecule has 1 aromatic heterocycles. The van der Waals surface area contributed by atoms with E-state index >= 15 is 0 Å². The molecule has 0 aliphatic rings. The van der Waals surface area contributed by atoms with Crippen molar-refractivity contribution in [3.63, 3.8) is 0 Å². The molecule has 0 atom stereocenters. The van der Waals surface area contributed by atoms with Crippen LogP contribution in [-0.4, -0.2) is 0 Å². The Hall–Kier alpha value is -6.12. The van der Waals surface area contributed by atoms with Gasteiger partial charge in [-0.2, -0.15) is 0 Å². The maximum absolute atomic E-state index is 6.24. The van der Waals surface area contributed by atoms with Crippen molar-refractivity contribution in [3.8, 4) is 22.3 Å². The van der Waals surface area contributed by atoms with Gasteiger partial charge in [-0.1, -0.05) is 115 Å². The molecule has 9 rings (SSSR count). The number of rotatable bonds is 5. The molecule has 9 aromatic rings. The summed E-state index contributed by atoms with van der Waals surface area (Å²) in [5.74, 6) is 0. The van der Waals surface area contributed by atoms with Crippen LogP contribution in [0.4, 0.5) is 17.1 Å². The molecule has 46 heavy (non-hydrogen) atoms. The Morgan fingerprint density at radius 1 is 0.304 bits per heavy atom. The normalized spacial score (nSPS) is 11.5. The number of nitrogens with zero attached hydrogens (tertiary/aromatic N) is 1. The fourth-order valence-corrected chi connectivity index (χ4v) is 6.76. The van der Waals surface area contributed by atoms with Crippen molar-refractivity contribution in [1.82, 2.24) is 0 Å². The minimum absolute atomic E-state index is 0.917. The van der Waals surface area contributed by atoms with E-state index in [9.17, 15) is 0 Å². The quantitative estimate of drug-likeness (QED) is 0.186. The van der Waals surface area contributed by atoms with Crippen LogP contribution in [0, 0.1) is 0 Å². The van der Waals surface area contributed by atoms with Crippen molar-refractivity contribution in [2.45, 2.75) is 0 Å². The molecule has 8 aromatic carbocycles. The second-order valence-electron chi connectivity index (χ2n) is 11.8. The molecule has 0 bridgehead atoms. The van der Waals surface area contributed by atoms with Gasteiger partial charge in [0, 0.05) is 27.8 Å². The molecule has 0 N–H and O–H groups in total. The molecule has 0 saturated heterocycles. The summed E-state index contributed by atoms with van der Waals surface area (Å²) in [4.78, 5) is 2.38. The molecule has 0 radical (unpaired) electrons. The average Bonchev–Trinajstić information content (AvgIpc) is 3.49. The smallest absolute Gasteiger partial charge is 0.136 e. The molecule has 0 aliphatic heterocycles. The average molecular weight is 588 g/mol. The van der Waals surface area contributed by atoms with Crippen LogP contribution in [0.25, 0.3) is 65.7 Å². The molecule has 2 nitrogen and oxygen atoms in total. The second kappa shape index (κ2) is 10.8. The third-order valence-electron chi connectivity index (χ3n) is 8.98. The molecular formula is C44H29NO. The highest BCUT2D eigenvalue weighted by atomic mass is 16.3. The molecule has 0 unspecified atom stereocenters. The van der Waals surface area contributed by atoms with Crippen LogP contribution in [0.3, 0.4) is 0 Å². The van der Waals surface area contributed by atoms with E-state index < -0.39 is 0 Å². The van der Waals surface area contributed by atoms with Gasteiger partial charge >= 0.3 is 0 Å². The minimum atomic E-state index is 0.917. The molecule has 0 amide bonds. The maximum atomic E-state index is 6.24. The number of benzene rings is 8. The zero-order chi connectivity index (χ0) is 30.5. The first-order valence-electron chi connectivity index (χ1n) is 15.7. The van der Waals surface area contributed by atoms with Crippen LogP contribution < -0.4 is 4.90 Å². The third-order valence-corrected chi connectivity index (χ3v) is 8.98. The van der Waals surface area contributed by atoms with E-state index in [4.69, 9.17) is 4.42 Å². The lowest BCUT2D eigenvalue weighted by atomic mass is 9.96. The van der Waals surface area contributed by atoms with E-state index in [1.807, 2.05) is 12.1 Å². The third kappa shape index (κ3) is 4.51. The van der Waals surface area contributed by atoms with Crippen molar-refractivity contribution >= 4 is 60.5 Å². The van der Waals surface area contributed by atoms with Gasteiger partial charge in [0.1, 0.15) is 11.2 Å². The Kier molecular flexibility index (Phi) is 6.17. The van der Waals surface area contributed by atoms with Crippen LogP contribution in [0.1, 0.15) is 0 Å². The van der Waals surface area contributed by atoms with Gasteiger partial charge in [-0.25, -0.2) is 0 Å². The summed E-state index contributed by atoms with van der Waals surface area (Å²) >= 11 is 0. The van der Waals surface area contributed by atoms with Crippen molar-refractivity contribution in [1.29, 1.82) is 0 Å². The van der Waals surface area contributed by atoms with E-state index in [0.29, 0.717) is 0 Å². The van der Waals surface area contributed by atoms with Crippen LogP contribution in [-0.2, 0) is 0 Å². The van der Waals surface area contributed by atoms with Crippen molar-refractivity contribution in [2.75, 3.05) is 4.90 Å². The maximum Gasteiger partial charge on any atom is 0.136 e. The Bertz CT molecular complexity index is 2460. The summed E-state index contributed by atoms with van der Waals surface area (Å²) in [7, 11) is 0. The number of fused-ring (bicyclic) bond motifs is 6. The van der Waals surface area contributed by atoms with Crippen molar-refractivity contribution in [3.05, 3.63) is 176 Å². The fourth-order valence-electron chi connectivity index (χ4n) is 6.76. The van der Waals surface area contributed by atoms with E-state index in [-0.39, 0.29) is 0 Å². The van der Waals surface area contributed by atoms with Gasteiger partial charge in [-0.15, -0.1) is 0 Å². The topological polar surface area (TPSA) is 16.4 Å². The molecule has 0 fully saturated rings. The Morgan fingerprint density at radius 2 is 0.891 bits per heavy atom. The van der Waals surface area contributed by atoms with E-state index in [1.165, 1.54) is 43.8 Å². The van der Waals surface area contributed by atoms with Crippen LogP contribution in [0.15, 0.2) is 180 Å². The predicted octanol–water partition coefficient (Wildman–Crippen LogP) is 12.7. The lowest BCUT2D eigenvalue weighted by molar-refractivity contribution is 0.669. The van der Waals surface area contributed by atoms with Gasteiger partial charge in [0.25, 0.3) is 0 Å². The van der Waals surface area contributed by atoms with E-state index in [2.05, 4.69) is 169 Å². The summed E-state index contributed by atoms with van der Waals surface area (Å²) < 4.78 is 6.24. The van der Waals surface area contributed by atoms with Crippen molar-refractivity contribution < 1.29 is 4.42 Å². The van der Waals surface area contributed by atoms with Gasteiger partial charge in [-0.05, 0) is 104 Å². The van der Waals surface area contributed by atoms with E-state index in [0.717, 1.165) is 39.0 Å². The minimum Gasteiger partial charge on any atom is -0.456 e. The first kappa shape index (κ1) is 26.3. The molecule has 0 saturated carbocycles. The van der Waals surface area contributed by atoms with Gasteiger partial charge < -0.3 is 9.32 Å². The van der Waals surface area contributed by atoms with Crippen LogP contribution in [0.5, 0.6) is 0 Å². The van der Waals surface area contributed by atoms with Crippen molar-refractivity contribution in [2.24, 2.45) is 0 Å². The lowest BCUT2D eigenvalue weighted by Gasteiger charge is -2.27. The standard InChI is InChI=1S/C44H29NO/c1-4-12-30(13-5-1)34-24-35(31-14-6-2-7-15-31)26-38(25-34)45(36-16-8-3-9-17-36)37-23-22-32-20-21-33-27-44-42(29-41(33)40(32)28-37)39-18-10-11-19-43(39)46-44/h1-29H. The zero-order valence-corrected chi connectivity index (χ0v) is 25.1. The molecule has 1 heterocycles. The first-order chi connectivity index (χ1) is 22.8. The van der Waals surface area contributed by atoms with Gasteiger partial charge in [0.15, 0.2) is 0 Å². The second-order valence-corrected chi connectivity index (χ2v) is 11.8. The first-order valence-corrected chi connectivity index (χ1v) is 15.7. The number of hydrogen-bond acceptors (Lipinski definition) is 2. The van der Waals surface area contributed by atoms with Gasteiger partial charge in [0.2, 0.25) is 0 Å². The van der Waals surface area contributed by atoms with Crippen LogP contribution in [0.2, 0.25) is 0 Å². The summed E-state index contributed by atoms with van der Waals surface area (Å²) in [6.07, 6.45) is 0. The predicted molar refractivity (Wildman–Crippen MR) is 194 cm³/mol. The highest BCUT2D eigenvalue weighted by Gasteiger charge is 2.17. The fraction of sp³-hybridized carbons (Fsp3) is 0. The Balaban J connectivity index is 1.29. The Labute approximate surface area is 267 Å².